The van der Waals surface area contributed by atoms with Crippen LogP contribution in [0.3, 0.4) is 0 Å². The normalized spacial score (nSPS) is 15.4. The first-order chi connectivity index (χ1) is 14.4. The standard InChI is InChI=1S/C25H31ClN2O2/c1-18-8-6-10-21(14-18)17-28(24(29)16-20-9-7-11-22(26)15-20)19(2)25(30)27-23-12-4-3-5-13-23/h6-11,14-15,19,23H,3-5,12-13,16-17H2,1-2H3,(H,27,30)/t19-/m0/s1. The second kappa shape index (κ2) is 10.6. The van der Waals surface area contributed by atoms with Gasteiger partial charge in [0.2, 0.25) is 11.8 Å². The second-order valence-electron chi connectivity index (χ2n) is 8.34. The molecule has 1 N–H and O–H groups in total. The topological polar surface area (TPSA) is 49.4 Å². The van der Waals surface area contributed by atoms with Gasteiger partial charge in [-0.3, -0.25) is 9.59 Å². The van der Waals surface area contributed by atoms with E-state index in [0.29, 0.717) is 11.6 Å². The number of amides is 2. The van der Waals surface area contributed by atoms with E-state index in [1.54, 1.807) is 17.0 Å². The number of halogens is 1. The number of carbonyl (C=O) groups excluding carboxylic acids is 2. The molecule has 1 atom stereocenters. The van der Waals surface area contributed by atoms with Crippen LogP contribution in [-0.2, 0) is 22.6 Å². The molecule has 3 rings (SSSR count). The molecule has 0 saturated heterocycles. The first-order valence-corrected chi connectivity index (χ1v) is 11.2. The van der Waals surface area contributed by atoms with Gasteiger partial charge in [0, 0.05) is 17.6 Å². The second-order valence-corrected chi connectivity index (χ2v) is 8.77. The zero-order chi connectivity index (χ0) is 21.5. The highest BCUT2D eigenvalue weighted by atomic mass is 35.5. The summed E-state index contributed by atoms with van der Waals surface area (Å²) >= 11 is 6.09. The average molecular weight is 427 g/mol. The first kappa shape index (κ1) is 22.4. The maximum Gasteiger partial charge on any atom is 0.242 e. The third-order valence-electron chi connectivity index (χ3n) is 5.80. The van der Waals surface area contributed by atoms with E-state index in [0.717, 1.165) is 42.4 Å². The van der Waals surface area contributed by atoms with Gasteiger partial charge in [-0.05, 0) is 49.9 Å². The minimum absolute atomic E-state index is 0.0750. The Labute approximate surface area is 184 Å². The first-order valence-electron chi connectivity index (χ1n) is 10.8. The summed E-state index contributed by atoms with van der Waals surface area (Å²) in [6.07, 6.45) is 5.80. The average Bonchev–Trinajstić information content (AvgIpc) is 2.72. The van der Waals surface area contributed by atoms with Crippen molar-refractivity contribution in [3.05, 3.63) is 70.2 Å². The van der Waals surface area contributed by atoms with Crippen LogP contribution in [0.5, 0.6) is 0 Å². The highest BCUT2D eigenvalue weighted by Gasteiger charge is 2.28. The van der Waals surface area contributed by atoms with Gasteiger partial charge < -0.3 is 10.2 Å². The van der Waals surface area contributed by atoms with Crippen LogP contribution in [0, 0.1) is 6.92 Å². The molecule has 0 bridgehead atoms. The van der Waals surface area contributed by atoms with Crippen LogP contribution in [0.2, 0.25) is 5.02 Å². The van der Waals surface area contributed by atoms with Crippen LogP contribution < -0.4 is 5.32 Å². The molecule has 2 aromatic carbocycles. The number of hydrogen-bond donors (Lipinski definition) is 1. The maximum absolute atomic E-state index is 13.3. The van der Waals surface area contributed by atoms with E-state index >= 15 is 0 Å². The maximum atomic E-state index is 13.3. The molecule has 4 nitrogen and oxygen atoms in total. The Kier molecular flexibility index (Phi) is 7.92. The van der Waals surface area contributed by atoms with Gasteiger partial charge in [0.15, 0.2) is 0 Å². The summed E-state index contributed by atoms with van der Waals surface area (Å²) in [5.74, 6) is -0.154. The minimum Gasteiger partial charge on any atom is -0.352 e. The fourth-order valence-corrected chi connectivity index (χ4v) is 4.29. The van der Waals surface area contributed by atoms with Crippen molar-refractivity contribution in [1.82, 2.24) is 10.2 Å². The fourth-order valence-electron chi connectivity index (χ4n) is 4.08. The predicted octanol–water partition coefficient (Wildman–Crippen LogP) is 5.06. The van der Waals surface area contributed by atoms with Crippen LogP contribution in [0.1, 0.15) is 55.7 Å². The molecule has 30 heavy (non-hydrogen) atoms. The van der Waals surface area contributed by atoms with E-state index in [-0.39, 0.29) is 24.3 Å². The number of benzene rings is 2. The highest BCUT2D eigenvalue weighted by Crippen LogP contribution is 2.19. The third-order valence-corrected chi connectivity index (χ3v) is 6.03. The molecule has 1 saturated carbocycles. The van der Waals surface area contributed by atoms with Crippen LogP contribution in [-0.4, -0.2) is 28.8 Å². The molecule has 0 spiro atoms. The van der Waals surface area contributed by atoms with Crippen molar-refractivity contribution < 1.29 is 9.59 Å². The van der Waals surface area contributed by atoms with Gasteiger partial charge in [-0.1, -0.05) is 72.8 Å². The molecule has 0 unspecified atom stereocenters. The van der Waals surface area contributed by atoms with Crippen molar-refractivity contribution >= 4 is 23.4 Å². The molecule has 0 aromatic heterocycles. The van der Waals surface area contributed by atoms with E-state index in [9.17, 15) is 9.59 Å². The van der Waals surface area contributed by atoms with Gasteiger partial charge in [0.25, 0.3) is 0 Å². The lowest BCUT2D eigenvalue weighted by Gasteiger charge is -2.31. The molecular weight excluding hydrogens is 396 g/mol. The lowest BCUT2D eigenvalue weighted by Crippen LogP contribution is -2.50. The summed E-state index contributed by atoms with van der Waals surface area (Å²) in [5.41, 5.74) is 3.00. The zero-order valence-electron chi connectivity index (χ0n) is 17.9. The summed E-state index contributed by atoms with van der Waals surface area (Å²) in [5, 5.41) is 3.78. The van der Waals surface area contributed by atoms with E-state index in [4.69, 9.17) is 11.6 Å². The zero-order valence-corrected chi connectivity index (χ0v) is 18.6. The monoisotopic (exact) mass is 426 g/mol. The van der Waals surface area contributed by atoms with Gasteiger partial charge in [-0.15, -0.1) is 0 Å². The fraction of sp³-hybridized carbons (Fsp3) is 0.440. The highest BCUT2D eigenvalue weighted by molar-refractivity contribution is 6.30. The molecular formula is C25H31ClN2O2. The Hall–Kier alpha value is -2.33. The number of nitrogens with one attached hydrogen (secondary N) is 1. The van der Waals surface area contributed by atoms with Crippen molar-refractivity contribution in [1.29, 1.82) is 0 Å². The summed E-state index contributed by atoms with van der Waals surface area (Å²) in [7, 11) is 0. The molecule has 1 aliphatic rings. The van der Waals surface area contributed by atoms with E-state index in [1.807, 2.05) is 44.2 Å². The Morgan fingerprint density at radius 2 is 1.77 bits per heavy atom. The molecule has 2 amide bonds. The molecule has 1 fully saturated rings. The summed E-state index contributed by atoms with van der Waals surface area (Å²) < 4.78 is 0. The number of rotatable bonds is 7. The molecule has 0 heterocycles. The molecule has 1 aliphatic carbocycles. The van der Waals surface area contributed by atoms with Gasteiger partial charge >= 0.3 is 0 Å². The number of hydrogen-bond acceptors (Lipinski definition) is 2. The molecule has 2 aromatic rings. The van der Waals surface area contributed by atoms with Crippen molar-refractivity contribution in [2.45, 2.75) is 71.0 Å². The largest absolute Gasteiger partial charge is 0.352 e. The summed E-state index contributed by atoms with van der Waals surface area (Å²) in [4.78, 5) is 27.9. The summed E-state index contributed by atoms with van der Waals surface area (Å²) in [6, 6.07) is 15.1. The molecule has 0 aliphatic heterocycles. The van der Waals surface area contributed by atoms with Crippen molar-refractivity contribution in [2.24, 2.45) is 0 Å². The van der Waals surface area contributed by atoms with Gasteiger partial charge in [-0.2, -0.15) is 0 Å². The smallest absolute Gasteiger partial charge is 0.242 e. The van der Waals surface area contributed by atoms with Crippen LogP contribution in [0.15, 0.2) is 48.5 Å². The van der Waals surface area contributed by atoms with E-state index in [1.165, 1.54) is 6.42 Å². The third kappa shape index (κ3) is 6.33. The van der Waals surface area contributed by atoms with Crippen LogP contribution in [0.4, 0.5) is 0 Å². The number of carbonyl (C=O) groups is 2. The summed E-state index contributed by atoms with van der Waals surface area (Å²) in [6.45, 7) is 4.25. The quantitative estimate of drug-likeness (QED) is 0.672. The van der Waals surface area contributed by atoms with Crippen LogP contribution >= 0.6 is 11.6 Å². The van der Waals surface area contributed by atoms with Crippen molar-refractivity contribution in [2.75, 3.05) is 0 Å². The van der Waals surface area contributed by atoms with Gasteiger partial charge in [0.1, 0.15) is 6.04 Å². The van der Waals surface area contributed by atoms with E-state index < -0.39 is 6.04 Å². The molecule has 160 valence electrons. The Bertz CT molecular complexity index is 877. The predicted molar refractivity (Wildman–Crippen MR) is 121 cm³/mol. The van der Waals surface area contributed by atoms with Crippen molar-refractivity contribution in [3.8, 4) is 0 Å². The lowest BCUT2D eigenvalue weighted by molar-refractivity contribution is -0.140. The van der Waals surface area contributed by atoms with E-state index in [2.05, 4.69) is 11.4 Å². The number of nitrogens with zero attached hydrogens (tertiary/aromatic N) is 1. The Balaban J connectivity index is 1.76. The Morgan fingerprint density at radius 3 is 2.47 bits per heavy atom. The minimum atomic E-state index is -0.542. The van der Waals surface area contributed by atoms with Gasteiger partial charge in [-0.25, -0.2) is 0 Å². The van der Waals surface area contributed by atoms with Crippen molar-refractivity contribution in [3.63, 3.8) is 0 Å². The Morgan fingerprint density at radius 1 is 1.07 bits per heavy atom. The molecule has 0 radical (unpaired) electrons. The van der Waals surface area contributed by atoms with Gasteiger partial charge in [0.05, 0.1) is 6.42 Å². The SMILES string of the molecule is Cc1cccc(CN(C(=O)Cc2cccc(Cl)c2)[C@@H](C)C(=O)NC2CCCCC2)c1. The number of aryl methyl sites for hydroxylation is 1. The van der Waals surface area contributed by atoms with Crippen LogP contribution in [0.25, 0.3) is 0 Å². The lowest BCUT2D eigenvalue weighted by atomic mass is 9.95. The molecule has 5 heteroatoms.